The molecule has 0 aliphatic carbocycles. The third-order valence-corrected chi connectivity index (χ3v) is 2.53. The third kappa shape index (κ3) is 5.97. The van der Waals surface area contributed by atoms with Crippen LogP contribution < -0.4 is 16.0 Å². The van der Waals surface area contributed by atoms with Gasteiger partial charge in [0.1, 0.15) is 6.04 Å². The van der Waals surface area contributed by atoms with Gasteiger partial charge >= 0.3 is 0 Å². The largest absolute Gasteiger partial charge is 0.383 e. The first kappa shape index (κ1) is 16.9. The molecule has 0 aromatic carbocycles. The van der Waals surface area contributed by atoms with E-state index in [1.165, 1.54) is 0 Å². The number of nitrogens with one attached hydrogen (secondary N) is 3. The summed E-state index contributed by atoms with van der Waals surface area (Å²) in [7, 11) is 1.57. The smallest absolute Gasteiger partial charge is 0.242 e. The van der Waals surface area contributed by atoms with Gasteiger partial charge in [-0.1, -0.05) is 6.92 Å². The van der Waals surface area contributed by atoms with E-state index in [0.29, 0.717) is 19.7 Å². The Morgan fingerprint density at radius 2 is 1.94 bits per heavy atom. The van der Waals surface area contributed by atoms with Crippen molar-refractivity contribution < 1.29 is 14.3 Å². The van der Waals surface area contributed by atoms with Crippen molar-refractivity contribution in [1.29, 1.82) is 0 Å². The highest BCUT2D eigenvalue weighted by Crippen LogP contribution is 2.02. The second-order valence-electron chi connectivity index (χ2n) is 4.63. The topological polar surface area (TPSA) is 79.5 Å². The second-order valence-corrected chi connectivity index (χ2v) is 4.63. The number of hydrogen-bond donors (Lipinski definition) is 3. The summed E-state index contributed by atoms with van der Waals surface area (Å²) in [4.78, 5) is 23.6. The molecule has 6 heteroatoms. The highest BCUT2D eigenvalue weighted by Gasteiger charge is 2.28. The van der Waals surface area contributed by atoms with Gasteiger partial charge in [-0.2, -0.15) is 0 Å². The maximum Gasteiger partial charge on any atom is 0.242 e. The number of methoxy groups -OCH3 is 1. The molecular weight excluding hydrogens is 234 g/mol. The Hall–Kier alpha value is -1.14. The van der Waals surface area contributed by atoms with Crippen molar-refractivity contribution in [3.63, 3.8) is 0 Å². The Kier molecular flexibility index (Phi) is 7.54. The molecule has 0 radical (unpaired) electrons. The molecule has 6 nitrogen and oxygen atoms in total. The molecule has 0 heterocycles. The SMILES string of the molecule is CCNC(C)(C)C(=O)NC(C)C(=O)NCCOC. The number of carbonyl (C=O) groups excluding carboxylic acids is 2. The van der Waals surface area contributed by atoms with Gasteiger partial charge in [0.05, 0.1) is 12.1 Å². The van der Waals surface area contributed by atoms with Crippen LogP contribution in [0.5, 0.6) is 0 Å². The van der Waals surface area contributed by atoms with E-state index in [-0.39, 0.29) is 11.8 Å². The summed E-state index contributed by atoms with van der Waals surface area (Å²) < 4.78 is 4.83. The van der Waals surface area contributed by atoms with Gasteiger partial charge < -0.3 is 20.7 Å². The van der Waals surface area contributed by atoms with Crippen molar-refractivity contribution in [3.05, 3.63) is 0 Å². The van der Waals surface area contributed by atoms with Gasteiger partial charge in [-0.15, -0.1) is 0 Å². The van der Waals surface area contributed by atoms with Gasteiger partial charge in [0.2, 0.25) is 11.8 Å². The van der Waals surface area contributed by atoms with Gasteiger partial charge in [0.15, 0.2) is 0 Å². The van der Waals surface area contributed by atoms with Crippen LogP contribution in [0.25, 0.3) is 0 Å². The molecule has 0 aliphatic heterocycles. The van der Waals surface area contributed by atoms with Gasteiger partial charge in [-0.3, -0.25) is 9.59 Å². The average Bonchev–Trinajstić information content (AvgIpc) is 2.28. The maximum absolute atomic E-state index is 11.9. The summed E-state index contributed by atoms with van der Waals surface area (Å²) in [5.74, 6) is -0.411. The number of ether oxygens (including phenoxy) is 1. The Morgan fingerprint density at radius 3 is 2.44 bits per heavy atom. The fourth-order valence-corrected chi connectivity index (χ4v) is 1.39. The lowest BCUT2D eigenvalue weighted by molar-refractivity contribution is -0.131. The molecule has 1 atom stereocenters. The molecule has 0 spiro atoms. The first-order chi connectivity index (χ1) is 8.35. The molecular formula is C12H25N3O3. The molecule has 106 valence electrons. The van der Waals surface area contributed by atoms with Crippen molar-refractivity contribution >= 4 is 11.8 Å². The van der Waals surface area contributed by atoms with Crippen LogP contribution in [0.1, 0.15) is 27.7 Å². The zero-order valence-electron chi connectivity index (χ0n) is 11.9. The lowest BCUT2D eigenvalue weighted by Gasteiger charge is -2.26. The predicted molar refractivity (Wildman–Crippen MR) is 70.2 cm³/mol. The van der Waals surface area contributed by atoms with E-state index in [0.717, 1.165) is 0 Å². The third-order valence-electron chi connectivity index (χ3n) is 2.53. The van der Waals surface area contributed by atoms with Crippen molar-refractivity contribution in [2.75, 3.05) is 26.8 Å². The van der Waals surface area contributed by atoms with Gasteiger partial charge in [0, 0.05) is 13.7 Å². The average molecular weight is 259 g/mol. The first-order valence-corrected chi connectivity index (χ1v) is 6.17. The van der Waals surface area contributed by atoms with Crippen molar-refractivity contribution in [3.8, 4) is 0 Å². The lowest BCUT2D eigenvalue weighted by Crippen LogP contribution is -2.57. The summed E-state index contributed by atoms with van der Waals surface area (Å²) in [6.07, 6.45) is 0. The van der Waals surface area contributed by atoms with Crippen LogP contribution in [0.2, 0.25) is 0 Å². The number of rotatable bonds is 8. The fraction of sp³-hybridized carbons (Fsp3) is 0.833. The molecule has 0 aromatic rings. The van der Waals surface area contributed by atoms with E-state index in [1.54, 1.807) is 27.9 Å². The van der Waals surface area contributed by atoms with Gasteiger partial charge in [-0.25, -0.2) is 0 Å². The molecule has 3 N–H and O–H groups in total. The highest BCUT2D eigenvalue weighted by molar-refractivity contribution is 5.91. The van der Waals surface area contributed by atoms with Crippen LogP contribution in [0.15, 0.2) is 0 Å². The normalized spacial score (nSPS) is 12.9. The molecule has 18 heavy (non-hydrogen) atoms. The van der Waals surface area contributed by atoms with E-state index in [1.807, 2.05) is 6.92 Å². The Labute approximate surface area is 109 Å². The van der Waals surface area contributed by atoms with Crippen LogP contribution in [0.4, 0.5) is 0 Å². The standard InChI is InChI=1S/C12H25N3O3/c1-6-14-12(3,4)11(17)15-9(2)10(16)13-7-8-18-5/h9,14H,6-8H2,1-5H3,(H,13,16)(H,15,17). The summed E-state index contributed by atoms with van der Waals surface area (Å²) in [6, 6.07) is -0.563. The van der Waals surface area contributed by atoms with E-state index >= 15 is 0 Å². The van der Waals surface area contributed by atoms with Crippen LogP contribution in [0, 0.1) is 0 Å². The van der Waals surface area contributed by atoms with Gasteiger partial charge in [-0.05, 0) is 27.3 Å². The Bertz CT molecular complexity index is 280. The lowest BCUT2D eigenvalue weighted by atomic mass is 10.0. The number of hydrogen-bond acceptors (Lipinski definition) is 4. The Morgan fingerprint density at radius 1 is 1.33 bits per heavy atom. The van der Waals surface area contributed by atoms with E-state index in [2.05, 4.69) is 16.0 Å². The van der Waals surface area contributed by atoms with Crippen LogP contribution in [0.3, 0.4) is 0 Å². The maximum atomic E-state index is 11.9. The fourth-order valence-electron chi connectivity index (χ4n) is 1.39. The molecule has 0 rings (SSSR count). The molecule has 0 saturated heterocycles. The van der Waals surface area contributed by atoms with Crippen LogP contribution in [-0.4, -0.2) is 50.2 Å². The molecule has 0 fully saturated rings. The minimum Gasteiger partial charge on any atom is -0.383 e. The first-order valence-electron chi connectivity index (χ1n) is 6.17. The number of amides is 2. The van der Waals surface area contributed by atoms with Crippen LogP contribution >= 0.6 is 0 Å². The summed E-state index contributed by atoms with van der Waals surface area (Å²) in [6.45, 7) is 8.72. The molecule has 0 saturated carbocycles. The van der Waals surface area contributed by atoms with E-state index in [9.17, 15) is 9.59 Å². The molecule has 0 aromatic heterocycles. The summed E-state index contributed by atoms with van der Waals surface area (Å²) >= 11 is 0. The van der Waals surface area contributed by atoms with Gasteiger partial charge in [0.25, 0.3) is 0 Å². The quantitative estimate of drug-likeness (QED) is 0.520. The van der Waals surface area contributed by atoms with Crippen molar-refractivity contribution in [1.82, 2.24) is 16.0 Å². The highest BCUT2D eigenvalue weighted by atomic mass is 16.5. The minimum atomic E-state index is -0.685. The van der Waals surface area contributed by atoms with Crippen molar-refractivity contribution in [2.24, 2.45) is 0 Å². The van der Waals surface area contributed by atoms with Crippen molar-refractivity contribution in [2.45, 2.75) is 39.3 Å². The molecule has 2 amide bonds. The van der Waals surface area contributed by atoms with Crippen LogP contribution in [-0.2, 0) is 14.3 Å². The second kappa shape index (κ2) is 8.05. The monoisotopic (exact) mass is 259 g/mol. The number of likely N-dealkylation sites (N-methyl/N-ethyl adjacent to an activating group) is 1. The molecule has 0 bridgehead atoms. The summed E-state index contributed by atoms with van der Waals surface area (Å²) in [5, 5.41) is 8.40. The molecule has 0 aliphatic rings. The van der Waals surface area contributed by atoms with E-state index in [4.69, 9.17) is 4.74 Å². The Balaban J connectivity index is 4.17. The zero-order chi connectivity index (χ0) is 14.2. The van der Waals surface area contributed by atoms with E-state index < -0.39 is 11.6 Å². The summed E-state index contributed by atoms with van der Waals surface area (Å²) in [5.41, 5.74) is -0.685. The molecule has 1 unspecified atom stereocenters. The predicted octanol–water partition coefficient (Wildman–Crippen LogP) is -0.358. The zero-order valence-corrected chi connectivity index (χ0v) is 11.9. The minimum absolute atomic E-state index is 0.196. The number of carbonyl (C=O) groups is 2.